The number of alkyl halides is 3. The van der Waals surface area contributed by atoms with Crippen molar-refractivity contribution in [3.63, 3.8) is 0 Å². The Hall–Kier alpha value is -2.63. The maximum absolute atomic E-state index is 12.5. The van der Waals surface area contributed by atoms with E-state index in [1.165, 1.54) is 24.5 Å². The normalized spacial score (nSPS) is 11.8. The van der Waals surface area contributed by atoms with Gasteiger partial charge in [0.05, 0.1) is 17.2 Å². The maximum atomic E-state index is 12.5. The van der Waals surface area contributed by atoms with Crippen molar-refractivity contribution in [3.8, 4) is 11.5 Å². The molecule has 2 aromatic carbocycles. The fraction of sp³-hybridized carbons (Fsp3) is 0.125. The minimum absolute atomic E-state index is 0.0669. The molecule has 3 aromatic rings. The van der Waals surface area contributed by atoms with Gasteiger partial charge in [-0.1, -0.05) is 6.07 Å². The van der Waals surface area contributed by atoms with Crippen LogP contribution in [0.5, 0.6) is 11.5 Å². The zero-order valence-electron chi connectivity index (χ0n) is 11.2. The predicted octanol–water partition coefficient (Wildman–Crippen LogP) is 4.74. The Labute approximate surface area is 123 Å². The molecule has 22 heavy (non-hydrogen) atoms. The average Bonchev–Trinajstić information content (AvgIpc) is 2.89. The Morgan fingerprint density at radius 2 is 1.77 bits per heavy atom. The summed E-state index contributed by atoms with van der Waals surface area (Å²) in [5, 5.41) is 10.4. The van der Waals surface area contributed by atoms with E-state index in [1.54, 1.807) is 12.1 Å². The molecule has 0 atom stereocenters. The molecule has 0 amide bonds. The lowest BCUT2D eigenvalue weighted by molar-refractivity contribution is -0.137. The zero-order valence-corrected chi connectivity index (χ0v) is 11.2. The molecule has 0 spiro atoms. The third-order valence-electron chi connectivity index (χ3n) is 3.23. The topological polar surface area (TPSA) is 42.6 Å². The van der Waals surface area contributed by atoms with Crippen molar-refractivity contribution in [2.24, 2.45) is 0 Å². The van der Waals surface area contributed by atoms with Crippen molar-refractivity contribution in [2.45, 2.75) is 12.8 Å². The van der Waals surface area contributed by atoms with Gasteiger partial charge in [-0.2, -0.15) is 13.2 Å². The van der Waals surface area contributed by atoms with Gasteiger partial charge in [-0.3, -0.25) is 0 Å². The van der Waals surface area contributed by atoms with E-state index in [-0.39, 0.29) is 12.4 Å². The summed E-state index contributed by atoms with van der Waals surface area (Å²) in [5.74, 6) is 0.370. The van der Waals surface area contributed by atoms with E-state index in [1.807, 2.05) is 0 Å². The number of ether oxygens (including phenoxy) is 1. The smallest absolute Gasteiger partial charge is 0.416 e. The van der Waals surface area contributed by atoms with Crippen LogP contribution in [-0.2, 0) is 12.8 Å². The molecule has 1 aromatic heterocycles. The van der Waals surface area contributed by atoms with Crippen molar-refractivity contribution < 1.29 is 27.4 Å². The lowest BCUT2D eigenvalue weighted by atomic mass is 10.1. The van der Waals surface area contributed by atoms with Crippen LogP contribution in [0.1, 0.15) is 11.1 Å². The van der Waals surface area contributed by atoms with Gasteiger partial charge in [-0.05, 0) is 36.4 Å². The van der Waals surface area contributed by atoms with Gasteiger partial charge in [0, 0.05) is 5.56 Å². The van der Waals surface area contributed by atoms with E-state index in [0.717, 1.165) is 12.1 Å². The molecule has 0 aliphatic heterocycles. The number of halogens is 3. The van der Waals surface area contributed by atoms with Crippen LogP contribution in [0, 0.1) is 0 Å². The monoisotopic (exact) mass is 308 g/mol. The van der Waals surface area contributed by atoms with Crippen LogP contribution in [0.2, 0.25) is 0 Å². The number of furan rings is 1. The summed E-state index contributed by atoms with van der Waals surface area (Å²) in [6.45, 7) is 0.0793. The number of phenolic OH excluding ortho intramolecular Hbond substituents is 1. The summed E-state index contributed by atoms with van der Waals surface area (Å²) in [5.41, 5.74) is 0.408. The van der Waals surface area contributed by atoms with Gasteiger partial charge >= 0.3 is 6.18 Å². The first-order valence-corrected chi connectivity index (χ1v) is 6.43. The van der Waals surface area contributed by atoms with E-state index < -0.39 is 11.7 Å². The molecule has 0 fully saturated rings. The molecule has 0 radical (unpaired) electrons. The summed E-state index contributed by atoms with van der Waals surface area (Å²) in [6.07, 6.45) is -2.92. The Balaban J connectivity index is 1.77. The Bertz CT molecular complexity index is 788. The van der Waals surface area contributed by atoms with Crippen molar-refractivity contribution in [3.05, 3.63) is 59.9 Å². The molecule has 0 bridgehead atoms. The Kier molecular flexibility index (Phi) is 3.44. The van der Waals surface area contributed by atoms with Gasteiger partial charge in [0.1, 0.15) is 23.7 Å². The minimum Gasteiger partial charge on any atom is -0.507 e. The summed E-state index contributed by atoms with van der Waals surface area (Å²) in [4.78, 5) is 0. The van der Waals surface area contributed by atoms with Crippen LogP contribution in [0.25, 0.3) is 11.0 Å². The third kappa shape index (κ3) is 2.72. The second-order valence-corrected chi connectivity index (χ2v) is 4.72. The molecule has 1 N–H and O–H groups in total. The van der Waals surface area contributed by atoms with Crippen LogP contribution >= 0.6 is 0 Å². The number of hydrogen-bond donors (Lipinski definition) is 1. The van der Waals surface area contributed by atoms with E-state index in [9.17, 15) is 18.3 Å². The summed E-state index contributed by atoms with van der Waals surface area (Å²) in [7, 11) is 0. The molecule has 1 heterocycles. The highest BCUT2D eigenvalue weighted by molar-refractivity contribution is 5.87. The van der Waals surface area contributed by atoms with Gasteiger partial charge < -0.3 is 14.3 Å². The van der Waals surface area contributed by atoms with Crippen LogP contribution in [0.15, 0.2) is 53.1 Å². The molecule has 3 nitrogen and oxygen atoms in total. The molecule has 0 saturated heterocycles. The maximum Gasteiger partial charge on any atom is 0.416 e. The lowest BCUT2D eigenvalue weighted by Gasteiger charge is -2.09. The van der Waals surface area contributed by atoms with E-state index in [2.05, 4.69) is 0 Å². The molecule has 0 aliphatic carbocycles. The Morgan fingerprint density at radius 1 is 1.05 bits per heavy atom. The van der Waals surface area contributed by atoms with Gasteiger partial charge in [-0.15, -0.1) is 0 Å². The highest BCUT2D eigenvalue weighted by Crippen LogP contribution is 2.32. The van der Waals surface area contributed by atoms with Gasteiger partial charge in [-0.25, -0.2) is 0 Å². The highest BCUT2D eigenvalue weighted by Gasteiger charge is 2.30. The molecule has 114 valence electrons. The molecule has 0 unspecified atom stereocenters. The molecule has 6 heteroatoms. The molecular formula is C16H11F3O3. The van der Waals surface area contributed by atoms with Crippen LogP contribution in [0.3, 0.4) is 0 Å². The van der Waals surface area contributed by atoms with Crippen molar-refractivity contribution in [1.82, 2.24) is 0 Å². The first kappa shape index (κ1) is 14.3. The second kappa shape index (κ2) is 5.29. The van der Waals surface area contributed by atoms with Gasteiger partial charge in [0.15, 0.2) is 0 Å². The van der Waals surface area contributed by atoms with Gasteiger partial charge in [0.2, 0.25) is 0 Å². The minimum atomic E-state index is -4.37. The second-order valence-electron chi connectivity index (χ2n) is 4.72. The van der Waals surface area contributed by atoms with Crippen molar-refractivity contribution >= 4 is 11.0 Å². The quantitative estimate of drug-likeness (QED) is 0.760. The molecule has 0 aliphatic rings. The number of fused-ring (bicyclic) bond motifs is 1. The van der Waals surface area contributed by atoms with Crippen LogP contribution < -0.4 is 4.74 Å². The fourth-order valence-corrected chi connectivity index (χ4v) is 2.14. The molecule has 3 rings (SSSR count). The largest absolute Gasteiger partial charge is 0.507 e. The summed E-state index contributed by atoms with van der Waals surface area (Å²) >= 11 is 0. The first-order valence-electron chi connectivity index (χ1n) is 6.43. The van der Waals surface area contributed by atoms with Crippen molar-refractivity contribution in [2.75, 3.05) is 0 Å². The number of benzene rings is 2. The highest BCUT2D eigenvalue weighted by atomic mass is 19.4. The van der Waals surface area contributed by atoms with Crippen LogP contribution in [0.4, 0.5) is 13.2 Å². The summed E-state index contributed by atoms with van der Waals surface area (Å²) < 4.78 is 48.1. The van der Waals surface area contributed by atoms with E-state index in [0.29, 0.717) is 22.3 Å². The predicted molar refractivity (Wildman–Crippen MR) is 73.7 cm³/mol. The fourth-order valence-electron chi connectivity index (χ4n) is 2.14. The molecule has 0 saturated carbocycles. The first-order chi connectivity index (χ1) is 10.4. The number of hydrogen-bond acceptors (Lipinski definition) is 3. The standard InChI is InChI=1S/C16H11F3O3/c17-16(18,19)11-4-6-12(7-5-11)21-8-10-9-22-14-3-1-2-13(20)15(10)14/h1-7,9,20H,8H2. The average molecular weight is 308 g/mol. The number of rotatable bonds is 3. The van der Waals surface area contributed by atoms with E-state index >= 15 is 0 Å². The third-order valence-corrected chi connectivity index (χ3v) is 3.23. The van der Waals surface area contributed by atoms with Crippen molar-refractivity contribution in [1.29, 1.82) is 0 Å². The number of phenols is 1. The summed E-state index contributed by atoms with van der Waals surface area (Å²) in [6, 6.07) is 9.31. The van der Waals surface area contributed by atoms with E-state index in [4.69, 9.17) is 9.15 Å². The zero-order chi connectivity index (χ0) is 15.7. The lowest BCUT2D eigenvalue weighted by Crippen LogP contribution is -2.04. The number of aromatic hydroxyl groups is 1. The Morgan fingerprint density at radius 3 is 2.45 bits per heavy atom. The molecular weight excluding hydrogens is 297 g/mol. The SMILES string of the molecule is Oc1cccc2occ(COc3ccc(C(F)(F)F)cc3)c12. The van der Waals surface area contributed by atoms with Crippen LogP contribution in [-0.4, -0.2) is 5.11 Å². The van der Waals surface area contributed by atoms with Gasteiger partial charge in [0.25, 0.3) is 0 Å².